The molecule has 4 atom stereocenters. The number of benzene rings is 1. The van der Waals surface area contributed by atoms with Gasteiger partial charge in [-0.1, -0.05) is 0 Å². The number of likely N-dealkylation sites (tertiary alicyclic amines) is 1. The predicted molar refractivity (Wildman–Crippen MR) is 90.8 cm³/mol. The van der Waals surface area contributed by atoms with Crippen molar-refractivity contribution >= 4 is 5.97 Å². The lowest BCUT2D eigenvalue weighted by Crippen LogP contribution is -2.59. The highest BCUT2D eigenvalue weighted by Crippen LogP contribution is 2.52. The molecule has 3 aliphatic rings. The molecular formula is C19H25NO5. The van der Waals surface area contributed by atoms with E-state index in [-0.39, 0.29) is 36.5 Å². The Balaban J connectivity index is 1.67. The molecule has 1 aromatic rings. The van der Waals surface area contributed by atoms with E-state index >= 15 is 0 Å². The Morgan fingerprint density at radius 2 is 2.20 bits per heavy atom. The molecule has 0 amide bonds. The van der Waals surface area contributed by atoms with Gasteiger partial charge in [0.2, 0.25) is 0 Å². The van der Waals surface area contributed by atoms with E-state index in [1.54, 1.807) is 12.1 Å². The summed E-state index contributed by atoms with van der Waals surface area (Å²) < 4.78 is 12.7. The second-order valence-corrected chi connectivity index (χ2v) is 7.94. The molecule has 2 saturated heterocycles. The number of hydrogen-bond acceptors (Lipinski definition) is 5. The van der Waals surface area contributed by atoms with Crippen molar-refractivity contribution in [1.82, 2.24) is 4.90 Å². The van der Waals surface area contributed by atoms with Gasteiger partial charge in [-0.2, -0.15) is 0 Å². The second-order valence-electron chi connectivity index (χ2n) is 7.94. The molecule has 0 unspecified atom stereocenters. The second kappa shape index (κ2) is 5.88. The van der Waals surface area contributed by atoms with Crippen molar-refractivity contribution in [2.75, 3.05) is 13.1 Å². The van der Waals surface area contributed by atoms with E-state index < -0.39 is 11.6 Å². The number of fused-ring (bicyclic) bond motifs is 4. The van der Waals surface area contributed by atoms with Crippen LogP contribution >= 0.6 is 0 Å². The zero-order chi connectivity index (χ0) is 17.8. The van der Waals surface area contributed by atoms with E-state index in [0.717, 1.165) is 31.4 Å². The highest BCUT2D eigenvalue weighted by Gasteiger charge is 2.52. The molecule has 3 aliphatic heterocycles. The quantitative estimate of drug-likeness (QED) is 0.856. The van der Waals surface area contributed by atoms with E-state index in [4.69, 9.17) is 9.47 Å². The van der Waals surface area contributed by atoms with Gasteiger partial charge in [0, 0.05) is 23.6 Å². The minimum absolute atomic E-state index is 0.0462. The summed E-state index contributed by atoms with van der Waals surface area (Å²) in [6, 6.07) is 5.33. The molecule has 4 rings (SSSR count). The molecule has 6 nitrogen and oxygen atoms in total. The zero-order valence-corrected chi connectivity index (χ0v) is 14.6. The molecule has 6 heteroatoms. The Labute approximate surface area is 147 Å². The van der Waals surface area contributed by atoms with Crippen LogP contribution in [-0.2, 0) is 9.53 Å². The van der Waals surface area contributed by atoms with E-state index in [9.17, 15) is 15.0 Å². The third-order valence-electron chi connectivity index (χ3n) is 5.92. The van der Waals surface area contributed by atoms with Crippen molar-refractivity contribution in [2.45, 2.75) is 57.0 Å². The molecule has 2 N–H and O–H groups in total. The standard InChI is InChI=1S/C19H25NO5/c1-19(2)13-9-14-15(4-3-7-20(14)10-17(22)23)24-18(13)12-6-5-11(21)8-16(12)25-19/h5-6,8,13-15,18,21H,3-4,7,9-10H2,1-2H3,(H,22,23)/t13-,14-,15-,18+/m0/s1. The highest BCUT2D eigenvalue weighted by molar-refractivity contribution is 5.69. The summed E-state index contributed by atoms with van der Waals surface area (Å²) in [5.41, 5.74) is 0.541. The first-order chi connectivity index (χ1) is 11.8. The Morgan fingerprint density at radius 1 is 1.40 bits per heavy atom. The van der Waals surface area contributed by atoms with Gasteiger partial charge >= 0.3 is 5.97 Å². The molecule has 136 valence electrons. The van der Waals surface area contributed by atoms with Gasteiger partial charge in [-0.15, -0.1) is 0 Å². The third kappa shape index (κ3) is 2.87. The van der Waals surface area contributed by atoms with Gasteiger partial charge in [0.1, 0.15) is 17.1 Å². The largest absolute Gasteiger partial charge is 0.508 e. The molecule has 0 bridgehead atoms. The lowest BCUT2D eigenvalue weighted by atomic mass is 9.72. The number of rotatable bonds is 2. The van der Waals surface area contributed by atoms with Crippen LogP contribution in [-0.4, -0.2) is 51.9 Å². The molecule has 0 aromatic heterocycles. The van der Waals surface area contributed by atoms with Crippen LogP contribution in [0, 0.1) is 5.92 Å². The van der Waals surface area contributed by atoms with Crippen molar-refractivity contribution in [1.29, 1.82) is 0 Å². The van der Waals surface area contributed by atoms with Crippen LogP contribution in [0.25, 0.3) is 0 Å². The number of aliphatic carboxylic acids is 1. The SMILES string of the molecule is CC1(C)Oc2cc(O)ccc2[C@H]2O[C@H]3CCCN(CC(=O)O)[C@H]3C[C@@H]21. The summed E-state index contributed by atoms with van der Waals surface area (Å²) in [5.74, 6) is 0.220. The number of aromatic hydroxyl groups is 1. The lowest BCUT2D eigenvalue weighted by molar-refractivity contribution is -0.190. The number of ether oxygens (including phenoxy) is 2. The van der Waals surface area contributed by atoms with Crippen molar-refractivity contribution in [2.24, 2.45) is 5.92 Å². The van der Waals surface area contributed by atoms with E-state index in [2.05, 4.69) is 4.90 Å². The maximum Gasteiger partial charge on any atom is 0.317 e. The number of hydrogen-bond donors (Lipinski definition) is 2. The van der Waals surface area contributed by atoms with Gasteiger partial charge < -0.3 is 19.7 Å². The van der Waals surface area contributed by atoms with Gasteiger partial charge in [-0.25, -0.2) is 0 Å². The van der Waals surface area contributed by atoms with Crippen molar-refractivity contribution in [3.63, 3.8) is 0 Å². The molecule has 0 aliphatic carbocycles. The fraction of sp³-hybridized carbons (Fsp3) is 0.632. The van der Waals surface area contributed by atoms with Crippen molar-refractivity contribution in [3.05, 3.63) is 23.8 Å². The average Bonchev–Trinajstić information content (AvgIpc) is 2.52. The van der Waals surface area contributed by atoms with Gasteiger partial charge in [0.05, 0.1) is 18.8 Å². The van der Waals surface area contributed by atoms with Crippen LogP contribution in [0.3, 0.4) is 0 Å². The molecule has 25 heavy (non-hydrogen) atoms. The molecule has 3 heterocycles. The molecule has 0 spiro atoms. The summed E-state index contributed by atoms with van der Waals surface area (Å²) >= 11 is 0. The summed E-state index contributed by atoms with van der Waals surface area (Å²) in [6.45, 7) is 4.96. The van der Waals surface area contributed by atoms with Crippen LogP contribution in [0.2, 0.25) is 0 Å². The maximum atomic E-state index is 11.2. The minimum atomic E-state index is -0.789. The molecule has 0 radical (unpaired) electrons. The number of carboxylic acid groups (broad SMARTS) is 1. The first kappa shape index (κ1) is 16.7. The maximum absolute atomic E-state index is 11.2. The fourth-order valence-electron chi connectivity index (χ4n) is 4.73. The number of piperidine rings is 1. The fourth-order valence-corrected chi connectivity index (χ4v) is 4.73. The minimum Gasteiger partial charge on any atom is -0.508 e. The van der Waals surface area contributed by atoms with Crippen LogP contribution in [0.5, 0.6) is 11.5 Å². The van der Waals surface area contributed by atoms with Crippen LogP contribution in [0.1, 0.15) is 44.8 Å². The zero-order valence-electron chi connectivity index (χ0n) is 14.6. The first-order valence-electron chi connectivity index (χ1n) is 8.98. The number of phenolic OH excluding ortho intramolecular Hbond substituents is 1. The molecule has 1 aromatic carbocycles. The molecular weight excluding hydrogens is 322 g/mol. The van der Waals surface area contributed by atoms with Gasteiger partial charge in [-0.3, -0.25) is 9.69 Å². The van der Waals surface area contributed by atoms with Gasteiger partial charge in [0.15, 0.2) is 0 Å². The Bertz CT molecular complexity index is 688. The smallest absolute Gasteiger partial charge is 0.317 e. The Morgan fingerprint density at radius 3 is 2.96 bits per heavy atom. The Kier molecular flexibility index (Phi) is 3.92. The Hall–Kier alpha value is -1.79. The van der Waals surface area contributed by atoms with Crippen LogP contribution in [0.4, 0.5) is 0 Å². The van der Waals surface area contributed by atoms with Gasteiger partial charge in [-0.05, 0) is 51.8 Å². The van der Waals surface area contributed by atoms with Crippen LogP contribution in [0.15, 0.2) is 18.2 Å². The predicted octanol–water partition coefficient (Wildman–Crippen LogP) is 2.56. The summed E-state index contributed by atoms with van der Waals surface area (Å²) in [6.07, 6.45) is 2.73. The molecule has 2 fully saturated rings. The monoisotopic (exact) mass is 347 g/mol. The lowest BCUT2D eigenvalue weighted by Gasteiger charge is -2.54. The first-order valence-corrected chi connectivity index (χ1v) is 8.98. The molecule has 0 saturated carbocycles. The number of carboxylic acids is 1. The topological polar surface area (TPSA) is 79.2 Å². The van der Waals surface area contributed by atoms with Gasteiger partial charge in [0.25, 0.3) is 0 Å². The number of carbonyl (C=O) groups is 1. The van der Waals surface area contributed by atoms with Crippen molar-refractivity contribution in [3.8, 4) is 11.5 Å². The van der Waals surface area contributed by atoms with E-state index in [1.165, 1.54) is 0 Å². The van der Waals surface area contributed by atoms with E-state index in [1.807, 2.05) is 19.9 Å². The van der Waals surface area contributed by atoms with E-state index in [0.29, 0.717) is 5.75 Å². The normalized spacial score (nSPS) is 33.5. The summed E-state index contributed by atoms with van der Waals surface area (Å²) in [7, 11) is 0. The highest BCUT2D eigenvalue weighted by atomic mass is 16.5. The average molecular weight is 347 g/mol. The van der Waals surface area contributed by atoms with Crippen LogP contribution < -0.4 is 4.74 Å². The third-order valence-corrected chi connectivity index (χ3v) is 5.92. The number of nitrogens with zero attached hydrogens (tertiary/aromatic N) is 1. The number of phenols is 1. The summed E-state index contributed by atoms with van der Waals surface area (Å²) in [5, 5.41) is 19.0. The summed E-state index contributed by atoms with van der Waals surface area (Å²) in [4.78, 5) is 13.3. The van der Waals surface area contributed by atoms with Crippen molar-refractivity contribution < 1.29 is 24.5 Å².